The van der Waals surface area contributed by atoms with Crippen molar-refractivity contribution < 1.29 is 9.90 Å². The van der Waals surface area contributed by atoms with Gasteiger partial charge in [0.1, 0.15) is 11.6 Å². The Bertz CT molecular complexity index is 3400. The second kappa shape index (κ2) is 23.8. The fourth-order valence-corrected chi connectivity index (χ4v) is 8.91. The van der Waals surface area contributed by atoms with E-state index in [2.05, 4.69) is 257 Å². The molecule has 10 rings (SSSR count). The summed E-state index contributed by atoms with van der Waals surface area (Å²) in [5.74, 6) is -1.25. The molecule has 10 aromatic rings. The van der Waals surface area contributed by atoms with E-state index in [1.165, 1.54) is 6.08 Å². The average molecular weight is 981 g/mol. The Kier molecular flexibility index (Phi) is 15.4. The summed E-state index contributed by atoms with van der Waals surface area (Å²) < 4.78 is 0. The largest absolute Gasteiger partial charge is 0.477 e. The number of carboxylic acids is 1. The topological polar surface area (TPSA) is 70.8 Å². The number of hydrogen-bond acceptors (Lipinski definition) is 5. The van der Waals surface area contributed by atoms with Crippen LogP contribution in [0.3, 0.4) is 0 Å². The van der Waals surface area contributed by atoms with Crippen LogP contribution in [0.25, 0.3) is 42.5 Å². The third kappa shape index (κ3) is 12.2. The highest BCUT2D eigenvalue weighted by molar-refractivity contribution is 5.96. The summed E-state index contributed by atoms with van der Waals surface area (Å²) in [6, 6.07) is 93.9. The van der Waals surface area contributed by atoms with Crippen molar-refractivity contribution in [3.63, 3.8) is 0 Å². The van der Waals surface area contributed by atoms with Gasteiger partial charge in [0.25, 0.3) is 0 Å². The van der Waals surface area contributed by atoms with Gasteiger partial charge in [-0.1, -0.05) is 194 Å². The fourth-order valence-electron chi connectivity index (χ4n) is 8.91. The summed E-state index contributed by atoms with van der Waals surface area (Å²) in [6.07, 6.45) is 14.0. The molecule has 0 saturated carbocycles. The van der Waals surface area contributed by atoms with Crippen molar-refractivity contribution in [1.82, 2.24) is 0 Å². The molecule has 0 atom stereocenters. The smallest absolute Gasteiger partial charge is 0.346 e. The Morgan fingerprint density at radius 2 is 0.474 bits per heavy atom. The maximum absolute atomic E-state index is 11.3. The van der Waals surface area contributed by atoms with E-state index < -0.39 is 5.97 Å². The van der Waals surface area contributed by atoms with Crippen molar-refractivity contribution in [2.45, 2.75) is 0 Å². The first-order valence-electron chi connectivity index (χ1n) is 25.0. The van der Waals surface area contributed by atoms with E-state index in [1.54, 1.807) is 18.2 Å². The highest BCUT2D eigenvalue weighted by Gasteiger charge is 2.15. The molecule has 0 amide bonds. The summed E-state index contributed by atoms with van der Waals surface area (Å²) in [5, 5.41) is 18.4. The lowest BCUT2D eigenvalue weighted by Gasteiger charge is -2.26. The Hall–Kier alpha value is -10.5. The van der Waals surface area contributed by atoms with Crippen LogP contribution in [0.1, 0.15) is 38.9 Å². The summed E-state index contributed by atoms with van der Waals surface area (Å²) in [4.78, 5) is 18.1. The first-order valence-corrected chi connectivity index (χ1v) is 25.0. The predicted octanol–water partition coefficient (Wildman–Crippen LogP) is 18.6. The maximum Gasteiger partial charge on any atom is 0.346 e. The lowest BCUT2D eigenvalue weighted by atomic mass is 10.1. The van der Waals surface area contributed by atoms with Gasteiger partial charge in [-0.25, -0.2) is 4.79 Å². The van der Waals surface area contributed by atoms with Crippen molar-refractivity contribution in [1.29, 1.82) is 5.26 Å². The molecule has 0 aliphatic rings. The molecule has 0 fully saturated rings. The third-order valence-electron chi connectivity index (χ3n) is 12.8. The SMILES string of the molecule is N#C/C(=C\c1ccc(/C=C/c2ccc(N(c3ccc(/C=C/c4ccc(N(c5ccccc5)c5ccccc5)cc4)cc3)c3ccc(/C=C/c4ccc(N(c5ccccc5)c5ccccc5)cc4)cc3)cc2)cc1)C(=O)O. The van der Waals surface area contributed by atoms with Crippen molar-refractivity contribution >= 4 is 99.7 Å². The molecule has 0 heterocycles. The van der Waals surface area contributed by atoms with Gasteiger partial charge in [0.05, 0.1) is 0 Å². The number of nitriles is 1. The van der Waals surface area contributed by atoms with Crippen molar-refractivity contribution in [2.24, 2.45) is 0 Å². The summed E-state index contributed by atoms with van der Waals surface area (Å²) >= 11 is 0. The molecule has 76 heavy (non-hydrogen) atoms. The van der Waals surface area contributed by atoms with Gasteiger partial charge in [-0.15, -0.1) is 0 Å². The molecule has 0 spiro atoms. The predicted molar refractivity (Wildman–Crippen MR) is 318 cm³/mol. The Morgan fingerprint density at radius 3 is 0.671 bits per heavy atom. The van der Waals surface area contributed by atoms with Crippen LogP contribution in [0, 0.1) is 11.3 Å². The summed E-state index contributed by atoms with van der Waals surface area (Å²) in [5.41, 5.74) is 16.3. The number of hydrogen-bond donors (Lipinski definition) is 1. The number of aliphatic carboxylic acids is 1. The van der Waals surface area contributed by atoms with E-state index in [0.29, 0.717) is 5.56 Å². The molecule has 364 valence electrons. The van der Waals surface area contributed by atoms with Crippen LogP contribution >= 0.6 is 0 Å². The average Bonchev–Trinajstić information content (AvgIpc) is 3.48. The number of anilines is 9. The fraction of sp³-hybridized carbons (Fsp3) is 0. The second-order valence-corrected chi connectivity index (χ2v) is 17.9. The van der Waals surface area contributed by atoms with Gasteiger partial charge in [0, 0.05) is 51.2 Å². The molecule has 1 N–H and O–H groups in total. The summed E-state index contributed by atoms with van der Waals surface area (Å²) in [7, 11) is 0. The standard InChI is InChI=1S/C70H52N4O2/c71-52-60(70(75)76)51-59-29-27-53(28-30-59)21-22-54-35-45-67(46-36-54)74(68-47-37-57(38-48-68)25-23-55-31-41-65(42-32-55)72(61-13-5-1-6-14-61)62-15-7-2-8-16-62)69-49-39-58(40-50-69)26-24-56-33-43-66(44-34-56)73(63-17-9-3-10-18-63)64-19-11-4-12-20-64/h1-51H,(H,75,76)/b22-21+,25-23+,26-24+,60-51+. The lowest BCUT2D eigenvalue weighted by Crippen LogP contribution is -2.09. The second-order valence-electron chi connectivity index (χ2n) is 17.9. The summed E-state index contributed by atoms with van der Waals surface area (Å²) in [6.45, 7) is 0. The minimum atomic E-state index is -1.25. The molecule has 0 radical (unpaired) electrons. The molecule has 6 heteroatoms. The number of para-hydroxylation sites is 4. The van der Waals surface area contributed by atoms with E-state index in [1.807, 2.05) is 48.6 Å². The highest BCUT2D eigenvalue weighted by atomic mass is 16.4. The van der Waals surface area contributed by atoms with E-state index in [-0.39, 0.29) is 5.57 Å². The van der Waals surface area contributed by atoms with Crippen LogP contribution in [0.5, 0.6) is 0 Å². The molecule has 6 nitrogen and oxygen atoms in total. The zero-order valence-corrected chi connectivity index (χ0v) is 41.6. The zero-order chi connectivity index (χ0) is 51.9. The van der Waals surface area contributed by atoms with Gasteiger partial charge in [-0.3, -0.25) is 0 Å². The minimum absolute atomic E-state index is 0.306. The Balaban J connectivity index is 0.882. The number of carboxylic acid groups (broad SMARTS) is 1. The highest BCUT2D eigenvalue weighted by Crippen LogP contribution is 2.38. The number of rotatable bonds is 17. The van der Waals surface area contributed by atoms with Crippen LogP contribution in [-0.4, -0.2) is 11.1 Å². The van der Waals surface area contributed by atoms with Gasteiger partial charge in [-0.2, -0.15) is 5.26 Å². The Morgan fingerprint density at radius 1 is 0.289 bits per heavy atom. The molecular weight excluding hydrogens is 929 g/mol. The van der Waals surface area contributed by atoms with Crippen LogP contribution in [-0.2, 0) is 4.79 Å². The number of nitrogens with zero attached hydrogens (tertiary/aromatic N) is 4. The van der Waals surface area contributed by atoms with Crippen molar-refractivity contribution in [3.05, 3.63) is 311 Å². The number of benzene rings is 10. The monoisotopic (exact) mass is 980 g/mol. The molecule has 0 aromatic heterocycles. The van der Waals surface area contributed by atoms with Gasteiger partial charge in [0.2, 0.25) is 0 Å². The molecule has 0 aliphatic carbocycles. The quantitative estimate of drug-likeness (QED) is 0.0557. The van der Waals surface area contributed by atoms with E-state index >= 15 is 0 Å². The molecule has 0 saturated heterocycles. The lowest BCUT2D eigenvalue weighted by molar-refractivity contribution is -0.132. The van der Waals surface area contributed by atoms with E-state index in [0.717, 1.165) is 84.6 Å². The first kappa shape index (κ1) is 49.1. The van der Waals surface area contributed by atoms with E-state index in [9.17, 15) is 9.90 Å². The molecule has 0 bridgehead atoms. The van der Waals surface area contributed by atoms with Gasteiger partial charge >= 0.3 is 5.97 Å². The Labute approximate surface area is 444 Å². The van der Waals surface area contributed by atoms with E-state index in [4.69, 9.17) is 5.26 Å². The zero-order valence-electron chi connectivity index (χ0n) is 41.6. The molecule has 0 unspecified atom stereocenters. The van der Waals surface area contributed by atoms with Gasteiger partial charge < -0.3 is 19.8 Å². The maximum atomic E-state index is 11.3. The van der Waals surface area contributed by atoms with Crippen molar-refractivity contribution in [2.75, 3.05) is 14.7 Å². The molecule has 10 aromatic carbocycles. The van der Waals surface area contributed by atoms with Crippen LogP contribution < -0.4 is 14.7 Å². The van der Waals surface area contributed by atoms with Crippen LogP contribution in [0.15, 0.2) is 272 Å². The minimum Gasteiger partial charge on any atom is -0.477 e. The van der Waals surface area contributed by atoms with Crippen molar-refractivity contribution in [3.8, 4) is 6.07 Å². The van der Waals surface area contributed by atoms with Crippen LogP contribution in [0.4, 0.5) is 51.2 Å². The van der Waals surface area contributed by atoms with Crippen LogP contribution in [0.2, 0.25) is 0 Å². The normalized spacial score (nSPS) is 11.4. The first-order chi connectivity index (χ1) is 37.4. The van der Waals surface area contributed by atoms with Gasteiger partial charge in [0.15, 0.2) is 0 Å². The third-order valence-corrected chi connectivity index (χ3v) is 12.8. The number of carbonyl (C=O) groups is 1. The molecular formula is C70H52N4O2. The molecule has 0 aliphatic heterocycles. The van der Waals surface area contributed by atoms with Gasteiger partial charge in [-0.05, 0) is 154 Å².